The van der Waals surface area contributed by atoms with Crippen LogP contribution in [0, 0.1) is 0 Å². The maximum absolute atomic E-state index is 9.22. The van der Waals surface area contributed by atoms with Gasteiger partial charge in [0.1, 0.15) is 5.82 Å². The first-order valence-electron chi connectivity index (χ1n) is 6.68. The SMILES string of the molecule is OCCc1nc2ccccc2n1Cc1ccc(Cl)c(Cl)c1. The van der Waals surface area contributed by atoms with E-state index >= 15 is 0 Å². The van der Waals surface area contributed by atoms with Crippen molar-refractivity contribution in [2.45, 2.75) is 13.0 Å². The van der Waals surface area contributed by atoms with Crippen LogP contribution in [0.3, 0.4) is 0 Å². The van der Waals surface area contributed by atoms with Gasteiger partial charge in [-0.15, -0.1) is 0 Å². The molecular formula is C16H14Cl2N2O. The van der Waals surface area contributed by atoms with Crippen molar-refractivity contribution >= 4 is 34.2 Å². The number of halogens is 2. The van der Waals surface area contributed by atoms with Gasteiger partial charge in [-0.1, -0.05) is 41.4 Å². The summed E-state index contributed by atoms with van der Waals surface area (Å²) in [5, 5.41) is 10.3. The van der Waals surface area contributed by atoms with Crippen molar-refractivity contribution in [3.05, 3.63) is 63.9 Å². The van der Waals surface area contributed by atoms with Crippen LogP contribution in [0.15, 0.2) is 42.5 Å². The monoisotopic (exact) mass is 320 g/mol. The van der Waals surface area contributed by atoms with Crippen molar-refractivity contribution < 1.29 is 5.11 Å². The number of fused-ring (bicyclic) bond motifs is 1. The lowest BCUT2D eigenvalue weighted by Gasteiger charge is -2.09. The highest BCUT2D eigenvalue weighted by Gasteiger charge is 2.11. The molecule has 0 aliphatic carbocycles. The van der Waals surface area contributed by atoms with Gasteiger partial charge >= 0.3 is 0 Å². The minimum absolute atomic E-state index is 0.0741. The minimum Gasteiger partial charge on any atom is -0.396 e. The fraction of sp³-hybridized carbons (Fsp3) is 0.188. The Morgan fingerprint density at radius 1 is 1.05 bits per heavy atom. The highest BCUT2D eigenvalue weighted by molar-refractivity contribution is 6.42. The van der Waals surface area contributed by atoms with Crippen LogP contribution >= 0.6 is 23.2 Å². The summed E-state index contributed by atoms with van der Waals surface area (Å²) in [7, 11) is 0. The zero-order chi connectivity index (χ0) is 14.8. The standard InChI is InChI=1S/C16H14Cl2N2O/c17-12-6-5-11(9-13(12)18)10-20-15-4-2-1-3-14(15)19-16(20)7-8-21/h1-6,9,21H,7-8,10H2. The number of rotatable bonds is 4. The number of nitrogens with zero attached hydrogens (tertiary/aromatic N) is 2. The Morgan fingerprint density at radius 3 is 2.62 bits per heavy atom. The van der Waals surface area contributed by atoms with Crippen LogP contribution < -0.4 is 0 Å². The number of imidazole rings is 1. The molecule has 3 rings (SSSR count). The Hall–Kier alpha value is -1.55. The molecule has 0 saturated carbocycles. The molecule has 0 unspecified atom stereocenters. The summed E-state index contributed by atoms with van der Waals surface area (Å²) in [6, 6.07) is 13.6. The summed E-state index contributed by atoms with van der Waals surface area (Å²) in [5.41, 5.74) is 3.03. The van der Waals surface area contributed by atoms with Gasteiger partial charge in [-0.25, -0.2) is 4.98 Å². The number of hydrogen-bond acceptors (Lipinski definition) is 2. The van der Waals surface area contributed by atoms with E-state index in [1.807, 2.05) is 36.4 Å². The lowest BCUT2D eigenvalue weighted by Crippen LogP contribution is -2.07. The Balaban J connectivity index is 2.05. The highest BCUT2D eigenvalue weighted by Crippen LogP contribution is 2.24. The van der Waals surface area contributed by atoms with Gasteiger partial charge in [0.25, 0.3) is 0 Å². The first-order chi connectivity index (χ1) is 10.2. The van der Waals surface area contributed by atoms with Gasteiger partial charge in [-0.3, -0.25) is 0 Å². The molecule has 0 fully saturated rings. The molecule has 1 aromatic heterocycles. The van der Waals surface area contributed by atoms with Crippen LogP contribution in [0.4, 0.5) is 0 Å². The summed E-state index contributed by atoms with van der Waals surface area (Å²) >= 11 is 12.0. The molecule has 0 bridgehead atoms. The van der Waals surface area contributed by atoms with Gasteiger partial charge in [0.2, 0.25) is 0 Å². The smallest absolute Gasteiger partial charge is 0.112 e. The van der Waals surface area contributed by atoms with E-state index in [-0.39, 0.29) is 6.61 Å². The normalized spacial score (nSPS) is 11.2. The number of benzene rings is 2. The average Bonchev–Trinajstić information content (AvgIpc) is 2.81. The summed E-state index contributed by atoms with van der Waals surface area (Å²) in [4.78, 5) is 4.58. The second-order valence-electron chi connectivity index (χ2n) is 4.82. The third-order valence-corrected chi connectivity index (χ3v) is 4.13. The Bertz CT molecular complexity index is 783. The van der Waals surface area contributed by atoms with Gasteiger partial charge in [-0.05, 0) is 29.8 Å². The predicted octanol–water partition coefficient (Wildman–Crippen LogP) is 3.93. The summed E-state index contributed by atoms with van der Waals surface area (Å²) in [5.74, 6) is 0.866. The topological polar surface area (TPSA) is 38.1 Å². The van der Waals surface area contributed by atoms with Crippen molar-refractivity contribution in [2.75, 3.05) is 6.61 Å². The summed E-state index contributed by atoms with van der Waals surface area (Å²) < 4.78 is 2.10. The molecule has 0 atom stereocenters. The van der Waals surface area contributed by atoms with Crippen LogP contribution in [0.2, 0.25) is 10.0 Å². The molecule has 0 saturated heterocycles. The van der Waals surface area contributed by atoms with E-state index in [0.29, 0.717) is 23.0 Å². The number of aliphatic hydroxyl groups is 1. The van der Waals surface area contributed by atoms with Crippen LogP contribution in [0.25, 0.3) is 11.0 Å². The second-order valence-corrected chi connectivity index (χ2v) is 5.64. The molecule has 3 nitrogen and oxygen atoms in total. The lowest BCUT2D eigenvalue weighted by atomic mass is 10.2. The van der Waals surface area contributed by atoms with E-state index in [1.54, 1.807) is 6.07 Å². The van der Waals surface area contributed by atoms with E-state index in [0.717, 1.165) is 22.4 Å². The van der Waals surface area contributed by atoms with Crippen LogP contribution in [-0.4, -0.2) is 21.3 Å². The Kier molecular flexibility index (Phi) is 4.15. The van der Waals surface area contributed by atoms with E-state index in [9.17, 15) is 5.11 Å². The number of hydrogen-bond donors (Lipinski definition) is 1. The third-order valence-electron chi connectivity index (χ3n) is 3.39. The van der Waals surface area contributed by atoms with Crippen molar-refractivity contribution in [3.63, 3.8) is 0 Å². The van der Waals surface area contributed by atoms with Gasteiger partial charge in [0.15, 0.2) is 0 Å². The second kappa shape index (κ2) is 6.06. The van der Waals surface area contributed by atoms with Crippen molar-refractivity contribution in [2.24, 2.45) is 0 Å². The molecule has 0 amide bonds. The fourth-order valence-electron chi connectivity index (χ4n) is 2.41. The molecule has 0 radical (unpaired) electrons. The van der Waals surface area contributed by atoms with Gasteiger partial charge in [0.05, 0.1) is 27.7 Å². The molecule has 2 aromatic carbocycles. The zero-order valence-corrected chi connectivity index (χ0v) is 12.8. The van der Waals surface area contributed by atoms with Crippen LogP contribution in [0.1, 0.15) is 11.4 Å². The number of aliphatic hydroxyl groups excluding tert-OH is 1. The molecule has 1 N–H and O–H groups in total. The summed E-state index contributed by atoms with van der Waals surface area (Å²) in [6.07, 6.45) is 0.524. The molecule has 5 heteroatoms. The minimum atomic E-state index is 0.0741. The average molecular weight is 321 g/mol. The third kappa shape index (κ3) is 2.91. The maximum Gasteiger partial charge on any atom is 0.112 e. The quantitative estimate of drug-likeness (QED) is 0.791. The van der Waals surface area contributed by atoms with E-state index in [2.05, 4.69) is 9.55 Å². The molecule has 0 aliphatic heterocycles. The van der Waals surface area contributed by atoms with Crippen molar-refractivity contribution in [3.8, 4) is 0 Å². The molecule has 3 aromatic rings. The van der Waals surface area contributed by atoms with Crippen LogP contribution in [0.5, 0.6) is 0 Å². The Labute approximate surface area is 132 Å². The largest absolute Gasteiger partial charge is 0.396 e. The number of aromatic nitrogens is 2. The maximum atomic E-state index is 9.22. The number of para-hydroxylation sites is 2. The lowest BCUT2D eigenvalue weighted by molar-refractivity contribution is 0.295. The molecule has 21 heavy (non-hydrogen) atoms. The van der Waals surface area contributed by atoms with Crippen molar-refractivity contribution in [1.29, 1.82) is 0 Å². The molecule has 108 valence electrons. The first kappa shape index (κ1) is 14.4. The van der Waals surface area contributed by atoms with Gasteiger partial charge in [0, 0.05) is 13.0 Å². The molecule has 0 spiro atoms. The van der Waals surface area contributed by atoms with Crippen molar-refractivity contribution in [1.82, 2.24) is 9.55 Å². The van der Waals surface area contributed by atoms with Gasteiger partial charge in [-0.2, -0.15) is 0 Å². The molecule has 0 aliphatic rings. The predicted molar refractivity (Wildman–Crippen MR) is 86.1 cm³/mol. The van der Waals surface area contributed by atoms with E-state index in [4.69, 9.17) is 23.2 Å². The zero-order valence-electron chi connectivity index (χ0n) is 11.3. The van der Waals surface area contributed by atoms with Crippen LogP contribution in [-0.2, 0) is 13.0 Å². The van der Waals surface area contributed by atoms with E-state index in [1.165, 1.54) is 0 Å². The molecular weight excluding hydrogens is 307 g/mol. The highest BCUT2D eigenvalue weighted by atomic mass is 35.5. The summed E-state index contributed by atoms with van der Waals surface area (Å²) in [6.45, 7) is 0.720. The van der Waals surface area contributed by atoms with E-state index < -0.39 is 0 Å². The Morgan fingerprint density at radius 2 is 1.86 bits per heavy atom. The first-order valence-corrected chi connectivity index (χ1v) is 7.43. The fourth-order valence-corrected chi connectivity index (χ4v) is 2.73. The van der Waals surface area contributed by atoms with Gasteiger partial charge < -0.3 is 9.67 Å². The molecule has 1 heterocycles.